The van der Waals surface area contributed by atoms with Gasteiger partial charge >= 0.3 is 0 Å². The van der Waals surface area contributed by atoms with E-state index in [-0.39, 0.29) is 11.5 Å². The summed E-state index contributed by atoms with van der Waals surface area (Å²) < 4.78 is 0. The number of carbonyl (C=O) groups excluding carboxylic acids is 1. The van der Waals surface area contributed by atoms with E-state index >= 15 is 0 Å². The standard InChI is InChI=1S/C12H14N8O/c1-2-6-3-8(19-18-6)17-12(21)10-9-7(4-16-20-10)14-5-15-11(9)13/h3,5,16H,2,4H2,1H3,(H2,13,14,15)(H2,17,18,19,21). The molecule has 108 valence electrons. The Bertz CT molecular complexity index is 720. The first kappa shape index (κ1) is 13.0. The number of hydrogen-bond donors (Lipinski definition) is 4. The summed E-state index contributed by atoms with van der Waals surface area (Å²) in [6.45, 7) is 2.39. The van der Waals surface area contributed by atoms with E-state index in [1.54, 1.807) is 6.07 Å². The first-order valence-electron chi connectivity index (χ1n) is 6.45. The fourth-order valence-electron chi connectivity index (χ4n) is 2.03. The Morgan fingerprint density at radius 1 is 1.48 bits per heavy atom. The van der Waals surface area contributed by atoms with Crippen LogP contribution in [0.1, 0.15) is 23.9 Å². The molecule has 1 amide bonds. The third kappa shape index (κ3) is 2.40. The largest absolute Gasteiger partial charge is 0.383 e. The number of aromatic amines is 1. The summed E-state index contributed by atoms with van der Waals surface area (Å²) >= 11 is 0. The van der Waals surface area contributed by atoms with Gasteiger partial charge in [0.2, 0.25) is 0 Å². The lowest BCUT2D eigenvalue weighted by Crippen LogP contribution is -2.32. The molecule has 2 aromatic heterocycles. The fourth-order valence-corrected chi connectivity index (χ4v) is 2.03. The van der Waals surface area contributed by atoms with Gasteiger partial charge < -0.3 is 16.5 Å². The molecule has 0 saturated carbocycles. The van der Waals surface area contributed by atoms with E-state index < -0.39 is 5.91 Å². The molecule has 0 aliphatic carbocycles. The number of hydrazone groups is 1. The fraction of sp³-hybridized carbons (Fsp3) is 0.250. The van der Waals surface area contributed by atoms with Crippen molar-refractivity contribution in [3.8, 4) is 0 Å². The molecule has 1 aliphatic rings. The maximum absolute atomic E-state index is 12.3. The van der Waals surface area contributed by atoms with Crippen molar-refractivity contribution in [1.82, 2.24) is 25.6 Å². The number of aryl methyl sites for hydroxylation is 1. The number of hydrogen-bond acceptors (Lipinski definition) is 7. The van der Waals surface area contributed by atoms with Gasteiger partial charge in [-0.2, -0.15) is 10.2 Å². The zero-order valence-electron chi connectivity index (χ0n) is 11.3. The van der Waals surface area contributed by atoms with Crippen LogP contribution in [0.25, 0.3) is 0 Å². The Hall–Kier alpha value is -2.97. The van der Waals surface area contributed by atoms with Crippen LogP contribution >= 0.6 is 0 Å². The van der Waals surface area contributed by atoms with Gasteiger partial charge in [0.15, 0.2) is 11.5 Å². The van der Waals surface area contributed by atoms with Crippen LogP contribution < -0.4 is 16.5 Å². The van der Waals surface area contributed by atoms with Crippen LogP contribution in [0.4, 0.5) is 11.6 Å². The van der Waals surface area contributed by atoms with E-state index in [4.69, 9.17) is 5.73 Å². The van der Waals surface area contributed by atoms with Gasteiger partial charge in [-0.15, -0.1) is 0 Å². The highest BCUT2D eigenvalue weighted by atomic mass is 16.2. The highest BCUT2D eigenvalue weighted by molar-refractivity contribution is 6.49. The minimum atomic E-state index is -0.417. The summed E-state index contributed by atoms with van der Waals surface area (Å²) in [5.74, 6) is 0.243. The number of aromatic nitrogens is 4. The maximum atomic E-state index is 12.3. The SMILES string of the molecule is CCc1cc(NC(=O)C2=NNCc3ncnc(N)c32)n[nH]1. The molecule has 3 rings (SSSR count). The molecule has 3 heterocycles. The number of fused-ring (bicyclic) bond motifs is 1. The number of nitrogens with zero attached hydrogens (tertiary/aromatic N) is 4. The first-order chi connectivity index (χ1) is 10.2. The van der Waals surface area contributed by atoms with Crippen LogP contribution in [0.5, 0.6) is 0 Å². The molecule has 0 bridgehead atoms. The minimum Gasteiger partial charge on any atom is -0.383 e. The summed E-state index contributed by atoms with van der Waals surface area (Å²) in [4.78, 5) is 20.3. The summed E-state index contributed by atoms with van der Waals surface area (Å²) in [7, 11) is 0. The predicted octanol–water partition coefficient (Wildman–Crippen LogP) is -0.210. The quantitative estimate of drug-likeness (QED) is 0.617. The van der Waals surface area contributed by atoms with E-state index in [1.807, 2.05) is 6.92 Å². The number of nitrogens with two attached hydrogens (primary N) is 1. The lowest BCUT2D eigenvalue weighted by Gasteiger charge is -2.16. The number of carbonyl (C=O) groups is 1. The van der Waals surface area contributed by atoms with Gasteiger partial charge in [-0.3, -0.25) is 9.89 Å². The molecule has 0 atom stereocenters. The van der Waals surface area contributed by atoms with Crippen LogP contribution in [0.3, 0.4) is 0 Å². The topological polar surface area (TPSA) is 134 Å². The minimum absolute atomic E-state index is 0.149. The van der Waals surface area contributed by atoms with Gasteiger partial charge in [0.1, 0.15) is 12.1 Å². The molecule has 5 N–H and O–H groups in total. The number of H-pyrrole nitrogens is 1. The van der Waals surface area contributed by atoms with Gasteiger partial charge in [-0.05, 0) is 6.42 Å². The maximum Gasteiger partial charge on any atom is 0.278 e. The van der Waals surface area contributed by atoms with Crippen LogP contribution in [0.2, 0.25) is 0 Å². The Kier molecular flexibility index (Phi) is 3.22. The molecule has 9 heteroatoms. The monoisotopic (exact) mass is 286 g/mol. The van der Waals surface area contributed by atoms with Crippen LogP contribution in [0, 0.1) is 0 Å². The second-order valence-electron chi connectivity index (χ2n) is 4.46. The van der Waals surface area contributed by atoms with E-state index in [1.165, 1.54) is 6.33 Å². The predicted molar refractivity (Wildman–Crippen MR) is 76.4 cm³/mol. The van der Waals surface area contributed by atoms with E-state index in [9.17, 15) is 4.79 Å². The molecular formula is C12H14N8O. The smallest absolute Gasteiger partial charge is 0.278 e. The Morgan fingerprint density at radius 3 is 3.10 bits per heavy atom. The zero-order valence-corrected chi connectivity index (χ0v) is 11.3. The van der Waals surface area contributed by atoms with Crippen molar-refractivity contribution in [2.24, 2.45) is 5.10 Å². The second-order valence-corrected chi connectivity index (χ2v) is 4.46. The van der Waals surface area contributed by atoms with Crippen molar-refractivity contribution in [2.75, 3.05) is 11.1 Å². The third-order valence-electron chi connectivity index (χ3n) is 3.10. The van der Waals surface area contributed by atoms with Gasteiger partial charge in [0, 0.05) is 11.8 Å². The highest BCUT2D eigenvalue weighted by Crippen LogP contribution is 2.17. The molecule has 2 aromatic rings. The molecule has 9 nitrogen and oxygen atoms in total. The zero-order chi connectivity index (χ0) is 14.8. The molecule has 1 aliphatic heterocycles. The first-order valence-corrected chi connectivity index (χ1v) is 6.45. The Morgan fingerprint density at radius 2 is 2.33 bits per heavy atom. The molecule has 21 heavy (non-hydrogen) atoms. The molecule has 0 aromatic carbocycles. The number of anilines is 2. The summed E-state index contributed by atoms with van der Waals surface area (Å²) in [5.41, 5.74) is 10.8. The van der Waals surface area contributed by atoms with Crippen molar-refractivity contribution in [3.05, 3.63) is 29.3 Å². The Balaban J connectivity index is 1.87. The van der Waals surface area contributed by atoms with Crippen LogP contribution in [-0.2, 0) is 17.8 Å². The van der Waals surface area contributed by atoms with E-state index in [2.05, 4.69) is 36.0 Å². The number of nitrogens with one attached hydrogen (secondary N) is 3. The van der Waals surface area contributed by atoms with E-state index in [0.29, 0.717) is 23.6 Å². The molecule has 0 unspecified atom stereocenters. The van der Waals surface area contributed by atoms with Gasteiger partial charge in [0.25, 0.3) is 5.91 Å². The van der Waals surface area contributed by atoms with Gasteiger partial charge in [0.05, 0.1) is 17.8 Å². The van der Waals surface area contributed by atoms with E-state index in [0.717, 1.165) is 12.1 Å². The van der Waals surface area contributed by atoms with Crippen molar-refractivity contribution in [2.45, 2.75) is 19.9 Å². The average molecular weight is 286 g/mol. The third-order valence-corrected chi connectivity index (χ3v) is 3.10. The highest BCUT2D eigenvalue weighted by Gasteiger charge is 2.25. The summed E-state index contributed by atoms with van der Waals surface area (Å²) in [6.07, 6.45) is 2.16. The summed E-state index contributed by atoms with van der Waals surface area (Å²) in [6, 6.07) is 1.76. The molecule has 0 saturated heterocycles. The van der Waals surface area contributed by atoms with Crippen molar-refractivity contribution in [1.29, 1.82) is 0 Å². The van der Waals surface area contributed by atoms with Crippen LogP contribution in [-0.4, -0.2) is 31.8 Å². The normalized spacial score (nSPS) is 13.1. The van der Waals surface area contributed by atoms with Crippen molar-refractivity contribution < 1.29 is 4.79 Å². The van der Waals surface area contributed by atoms with Crippen molar-refractivity contribution >= 4 is 23.3 Å². The number of nitrogen functional groups attached to an aromatic ring is 1. The number of amides is 1. The Labute approximate surface area is 120 Å². The van der Waals surface area contributed by atoms with Crippen LogP contribution in [0.15, 0.2) is 17.5 Å². The lowest BCUT2D eigenvalue weighted by molar-refractivity contribution is -0.110. The molecule has 0 fully saturated rings. The lowest BCUT2D eigenvalue weighted by atomic mass is 10.1. The molecule has 0 spiro atoms. The van der Waals surface area contributed by atoms with Gasteiger partial charge in [-0.1, -0.05) is 6.92 Å². The average Bonchev–Trinajstić information content (AvgIpc) is 2.94. The van der Waals surface area contributed by atoms with Crippen molar-refractivity contribution in [3.63, 3.8) is 0 Å². The van der Waals surface area contributed by atoms with Gasteiger partial charge in [-0.25, -0.2) is 9.97 Å². The summed E-state index contributed by atoms with van der Waals surface area (Å²) in [5, 5.41) is 13.5. The molecule has 0 radical (unpaired) electrons. The second kappa shape index (κ2) is 5.19. The molecular weight excluding hydrogens is 272 g/mol. The number of rotatable bonds is 3.